The highest BCUT2D eigenvalue weighted by atomic mass is 32.2. The van der Waals surface area contributed by atoms with Crippen LogP contribution in [0.3, 0.4) is 0 Å². The van der Waals surface area contributed by atoms with E-state index in [4.69, 9.17) is 4.74 Å². The minimum absolute atomic E-state index is 0.0454. The van der Waals surface area contributed by atoms with Crippen molar-refractivity contribution in [2.24, 2.45) is 0 Å². The molecule has 1 aromatic carbocycles. The number of carbonyl (C=O) groups excluding carboxylic acids is 1. The van der Waals surface area contributed by atoms with E-state index in [1.165, 1.54) is 47.4 Å². The number of non-ortho nitro benzene ring substituents is 1. The molecule has 2 heterocycles. The molecule has 0 atom stereocenters. The number of nitro benzene ring substituents is 1. The monoisotopic (exact) mass is 476 g/mol. The molecule has 0 saturated carbocycles. The number of nitrogens with zero attached hydrogens (tertiary/aromatic N) is 3. The van der Waals surface area contributed by atoms with Crippen molar-refractivity contribution in [1.82, 2.24) is 9.55 Å². The van der Waals surface area contributed by atoms with Gasteiger partial charge in [-0.15, -0.1) is 11.3 Å². The summed E-state index contributed by atoms with van der Waals surface area (Å²) in [5, 5.41) is 14.6. The van der Waals surface area contributed by atoms with Crippen LogP contribution in [0.5, 0.6) is 0 Å². The van der Waals surface area contributed by atoms with Gasteiger partial charge in [0.1, 0.15) is 4.83 Å². The van der Waals surface area contributed by atoms with Gasteiger partial charge in [0.25, 0.3) is 11.2 Å². The number of aryl methyl sites for hydroxylation is 2. The van der Waals surface area contributed by atoms with Gasteiger partial charge in [-0.1, -0.05) is 11.8 Å². The predicted molar refractivity (Wildman–Crippen MR) is 127 cm³/mol. The van der Waals surface area contributed by atoms with Crippen LogP contribution in [0.4, 0.5) is 11.4 Å². The van der Waals surface area contributed by atoms with Crippen molar-refractivity contribution in [3.63, 3.8) is 0 Å². The fraction of sp³-hybridized carbons (Fsp3) is 0.381. The molecule has 9 nitrogen and oxygen atoms in total. The van der Waals surface area contributed by atoms with Crippen LogP contribution in [0.2, 0.25) is 0 Å². The van der Waals surface area contributed by atoms with E-state index in [2.05, 4.69) is 10.3 Å². The van der Waals surface area contributed by atoms with Crippen molar-refractivity contribution < 1.29 is 14.5 Å². The molecule has 11 heteroatoms. The maximum absolute atomic E-state index is 13.2. The number of nitrogens with one attached hydrogen (secondary N) is 1. The number of carbonyl (C=O) groups is 1. The third kappa shape index (κ3) is 5.53. The SMILES string of the molecule is CCOCCCn1c(SCC(=O)Nc2ccc([N+](=O)[O-])cc2)nc2sc(C)c(C)c2c1=O. The van der Waals surface area contributed by atoms with Gasteiger partial charge in [0.15, 0.2) is 5.16 Å². The Morgan fingerprint density at radius 3 is 2.69 bits per heavy atom. The number of benzene rings is 1. The van der Waals surface area contributed by atoms with Crippen molar-refractivity contribution in [3.8, 4) is 0 Å². The van der Waals surface area contributed by atoms with E-state index in [-0.39, 0.29) is 22.9 Å². The number of rotatable bonds is 10. The Bertz CT molecular complexity index is 1190. The molecule has 170 valence electrons. The first-order chi connectivity index (χ1) is 15.3. The zero-order chi connectivity index (χ0) is 23.3. The minimum atomic E-state index is -0.498. The van der Waals surface area contributed by atoms with Crippen LogP contribution in [-0.2, 0) is 16.1 Å². The topological polar surface area (TPSA) is 116 Å². The van der Waals surface area contributed by atoms with Crippen LogP contribution < -0.4 is 10.9 Å². The fourth-order valence-corrected chi connectivity index (χ4v) is 4.97. The second-order valence-corrected chi connectivity index (χ2v) is 9.15. The average Bonchev–Trinajstić information content (AvgIpc) is 3.05. The van der Waals surface area contributed by atoms with Crippen LogP contribution in [0.1, 0.15) is 23.8 Å². The van der Waals surface area contributed by atoms with Crippen molar-refractivity contribution in [2.75, 3.05) is 24.3 Å². The van der Waals surface area contributed by atoms with Crippen molar-refractivity contribution >= 4 is 50.6 Å². The molecule has 0 aliphatic carbocycles. The molecular formula is C21H24N4O5S2. The molecule has 0 radical (unpaired) electrons. The summed E-state index contributed by atoms with van der Waals surface area (Å²) in [6.45, 7) is 7.40. The number of hydrogen-bond donors (Lipinski definition) is 1. The Balaban J connectivity index is 1.77. The van der Waals surface area contributed by atoms with Crippen LogP contribution in [-0.4, -0.2) is 39.3 Å². The molecule has 0 saturated heterocycles. The van der Waals surface area contributed by atoms with E-state index in [1.54, 1.807) is 4.57 Å². The van der Waals surface area contributed by atoms with Gasteiger partial charge in [0, 0.05) is 42.5 Å². The smallest absolute Gasteiger partial charge is 0.269 e. The second-order valence-electron chi connectivity index (χ2n) is 7.01. The highest BCUT2D eigenvalue weighted by Crippen LogP contribution is 2.28. The third-order valence-corrected chi connectivity index (χ3v) is 6.90. The maximum atomic E-state index is 13.2. The van der Waals surface area contributed by atoms with Gasteiger partial charge in [-0.3, -0.25) is 24.3 Å². The summed E-state index contributed by atoms with van der Waals surface area (Å²) in [6.07, 6.45) is 0.658. The zero-order valence-electron chi connectivity index (χ0n) is 18.0. The fourth-order valence-electron chi connectivity index (χ4n) is 3.08. The largest absolute Gasteiger partial charge is 0.382 e. The number of nitro groups is 1. The van der Waals surface area contributed by atoms with Crippen molar-refractivity contribution in [1.29, 1.82) is 0 Å². The number of amides is 1. The lowest BCUT2D eigenvalue weighted by atomic mass is 10.2. The molecule has 2 aromatic heterocycles. The molecule has 0 aliphatic rings. The van der Waals surface area contributed by atoms with Gasteiger partial charge in [-0.25, -0.2) is 4.98 Å². The molecule has 3 aromatic rings. The van der Waals surface area contributed by atoms with Crippen molar-refractivity contribution in [3.05, 3.63) is 55.2 Å². The molecule has 1 amide bonds. The molecule has 0 aliphatic heterocycles. The molecule has 1 N–H and O–H groups in total. The molecule has 0 unspecified atom stereocenters. The van der Waals surface area contributed by atoms with Crippen LogP contribution in [0.15, 0.2) is 34.2 Å². The Morgan fingerprint density at radius 2 is 2.03 bits per heavy atom. The molecule has 32 heavy (non-hydrogen) atoms. The van der Waals surface area contributed by atoms with Gasteiger partial charge < -0.3 is 10.1 Å². The Morgan fingerprint density at radius 1 is 1.31 bits per heavy atom. The van der Waals surface area contributed by atoms with E-state index in [0.29, 0.717) is 47.2 Å². The first kappa shape index (κ1) is 23.9. The van der Waals surface area contributed by atoms with Gasteiger partial charge in [0.05, 0.1) is 16.1 Å². The number of thioether (sulfide) groups is 1. The highest BCUT2D eigenvalue weighted by Gasteiger charge is 2.18. The lowest BCUT2D eigenvalue weighted by Gasteiger charge is -2.12. The lowest BCUT2D eigenvalue weighted by Crippen LogP contribution is -2.25. The number of ether oxygens (including phenoxy) is 1. The minimum Gasteiger partial charge on any atom is -0.382 e. The zero-order valence-corrected chi connectivity index (χ0v) is 19.7. The van der Waals surface area contributed by atoms with Gasteiger partial charge in [-0.05, 0) is 44.9 Å². The number of anilines is 1. The quantitative estimate of drug-likeness (QED) is 0.154. The summed E-state index contributed by atoms with van der Waals surface area (Å²) in [7, 11) is 0. The summed E-state index contributed by atoms with van der Waals surface area (Å²) in [5.41, 5.74) is 1.25. The first-order valence-corrected chi connectivity index (χ1v) is 11.9. The van der Waals surface area contributed by atoms with E-state index >= 15 is 0 Å². The van der Waals surface area contributed by atoms with Gasteiger partial charge in [-0.2, -0.15) is 0 Å². The van der Waals surface area contributed by atoms with Gasteiger partial charge >= 0.3 is 0 Å². The second kappa shape index (κ2) is 10.7. The van der Waals surface area contributed by atoms with Crippen LogP contribution >= 0.6 is 23.1 Å². The Labute approximate surface area is 193 Å². The van der Waals surface area contributed by atoms with E-state index in [0.717, 1.165) is 10.4 Å². The standard InChI is InChI=1S/C21H24N4O5S2/c1-4-30-11-5-10-24-20(27)18-13(2)14(3)32-19(18)23-21(24)31-12-17(26)22-15-6-8-16(9-7-15)25(28)29/h6-9H,4-5,10-12H2,1-3H3,(H,22,26). The molecular weight excluding hydrogens is 452 g/mol. The van der Waals surface area contributed by atoms with E-state index in [1.807, 2.05) is 20.8 Å². The highest BCUT2D eigenvalue weighted by molar-refractivity contribution is 7.99. The summed E-state index contributed by atoms with van der Waals surface area (Å²) < 4.78 is 7.01. The summed E-state index contributed by atoms with van der Waals surface area (Å²) in [4.78, 5) is 42.3. The lowest BCUT2D eigenvalue weighted by molar-refractivity contribution is -0.384. The van der Waals surface area contributed by atoms with Crippen LogP contribution in [0, 0.1) is 24.0 Å². The van der Waals surface area contributed by atoms with E-state index in [9.17, 15) is 19.7 Å². The summed E-state index contributed by atoms with van der Waals surface area (Å²) in [5.74, 6) is -0.249. The molecule has 0 fully saturated rings. The number of hydrogen-bond acceptors (Lipinski definition) is 8. The Kier molecular flexibility index (Phi) is 7.99. The number of thiophene rings is 1. The molecule has 0 bridgehead atoms. The van der Waals surface area contributed by atoms with Crippen molar-refractivity contribution in [2.45, 2.75) is 38.9 Å². The van der Waals surface area contributed by atoms with Crippen LogP contribution in [0.25, 0.3) is 10.2 Å². The number of aromatic nitrogens is 2. The first-order valence-electron chi connectivity index (χ1n) is 10.1. The third-order valence-electron chi connectivity index (χ3n) is 4.82. The molecule has 3 rings (SSSR count). The number of fused-ring (bicyclic) bond motifs is 1. The normalized spacial score (nSPS) is 11.1. The average molecular weight is 477 g/mol. The summed E-state index contributed by atoms with van der Waals surface area (Å²) in [6, 6.07) is 5.61. The molecule has 0 spiro atoms. The summed E-state index contributed by atoms with van der Waals surface area (Å²) >= 11 is 2.66. The Hall–Kier alpha value is -2.76. The van der Waals surface area contributed by atoms with E-state index < -0.39 is 4.92 Å². The predicted octanol–water partition coefficient (Wildman–Crippen LogP) is 4.14. The van der Waals surface area contributed by atoms with Gasteiger partial charge in [0.2, 0.25) is 5.91 Å². The maximum Gasteiger partial charge on any atom is 0.269 e.